The Kier molecular flexibility index (Phi) is 4.35. The van der Waals surface area contributed by atoms with Crippen LogP contribution in [0.1, 0.15) is 10.4 Å². The lowest BCUT2D eigenvalue weighted by atomic mass is 10.1. The van der Waals surface area contributed by atoms with Crippen molar-refractivity contribution in [3.63, 3.8) is 0 Å². The summed E-state index contributed by atoms with van der Waals surface area (Å²) in [6.45, 7) is 4.00. The van der Waals surface area contributed by atoms with Crippen LogP contribution in [0.2, 0.25) is 0 Å². The van der Waals surface area contributed by atoms with Crippen molar-refractivity contribution in [1.82, 2.24) is 9.80 Å². The molecule has 0 saturated carbocycles. The Bertz CT molecular complexity index is 477. The number of morpholine rings is 1. The first-order chi connectivity index (χ1) is 9.76. The number of fused-ring (bicyclic) bond motifs is 1. The molecule has 1 unspecified atom stereocenters. The average molecular weight is 296 g/mol. The number of nitrogens with zero attached hydrogens (tertiary/aromatic N) is 2. The molecule has 1 N–H and O–H groups in total. The Balaban J connectivity index is 1.55. The third-order valence-electron chi connectivity index (χ3n) is 3.95. The summed E-state index contributed by atoms with van der Waals surface area (Å²) in [5.74, 6) is 0.181. The van der Waals surface area contributed by atoms with E-state index >= 15 is 0 Å². The fourth-order valence-corrected chi connectivity index (χ4v) is 3.68. The van der Waals surface area contributed by atoms with Crippen LogP contribution >= 0.6 is 11.3 Å². The largest absolute Gasteiger partial charge is 0.394 e. The van der Waals surface area contributed by atoms with Gasteiger partial charge in [-0.1, -0.05) is 0 Å². The molecule has 20 heavy (non-hydrogen) atoms. The van der Waals surface area contributed by atoms with Gasteiger partial charge in [-0.2, -0.15) is 0 Å². The van der Waals surface area contributed by atoms with E-state index in [0.29, 0.717) is 19.7 Å². The first-order valence-corrected chi connectivity index (χ1v) is 7.92. The van der Waals surface area contributed by atoms with Crippen molar-refractivity contribution in [3.8, 4) is 0 Å². The molecule has 1 atom stereocenters. The van der Waals surface area contributed by atoms with E-state index in [2.05, 4.69) is 16.3 Å². The van der Waals surface area contributed by atoms with Crippen molar-refractivity contribution in [1.29, 1.82) is 0 Å². The first kappa shape index (κ1) is 14.0. The zero-order chi connectivity index (χ0) is 13.9. The smallest absolute Gasteiger partial charge is 0.237 e. The van der Waals surface area contributed by atoms with Crippen LogP contribution in [-0.4, -0.2) is 66.3 Å². The summed E-state index contributed by atoms with van der Waals surface area (Å²) in [4.78, 5) is 17.8. The number of rotatable bonds is 3. The second kappa shape index (κ2) is 6.22. The second-order valence-electron chi connectivity index (χ2n) is 5.34. The lowest BCUT2D eigenvalue weighted by Gasteiger charge is -2.34. The molecule has 0 bridgehead atoms. The van der Waals surface area contributed by atoms with E-state index in [4.69, 9.17) is 9.84 Å². The van der Waals surface area contributed by atoms with Gasteiger partial charge >= 0.3 is 0 Å². The van der Waals surface area contributed by atoms with Crippen LogP contribution in [-0.2, 0) is 22.5 Å². The fraction of sp³-hybridized carbons (Fsp3) is 0.643. The Morgan fingerprint density at radius 3 is 3.25 bits per heavy atom. The van der Waals surface area contributed by atoms with Crippen molar-refractivity contribution in [2.75, 3.05) is 39.4 Å². The SMILES string of the molecule is O=C(CN1CCOC(CO)C1)N1CCc2sccc2C1. The predicted molar refractivity (Wildman–Crippen MR) is 76.7 cm³/mol. The van der Waals surface area contributed by atoms with Gasteiger partial charge in [0, 0.05) is 31.1 Å². The molecular formula is C14H20N2O3S. The average Bonchev–Trinajstić information content (AvgIpc) is 2.94. The highest BCUT2D eigenvalue weighted by atomic mass is 32.1. The van der Waals surface area contributed by atoms with Crippen molar-refractivity contribution in [2.24, 2.45) is 0 Å². The molecule has 0 spiro atoms. The summed E-state index contributed by atoms with van der Waals surface area (Å²) in [6.07, 6.45) is 0.822. The summed E-state index contributed by atoms with van der Waals surface area (Å²) in [7, 11) is 0. The van der Waals surface area contributed by atoms with E-state index in [1.807, 2.05) is 4.90 Å². The van der Waals surface area contributed by atoms with Crippen LogP contribution in [0.15, 0.2) is 11.4 Å². The van der Waals surface area contributed by atoms with Gasteiger partial charge in [-0.05, 0) is 23.4 Å². The highest BCUT2D eigenvalue weighted by Gasteiger charge is 2.26. The Hall–Kier alpha value is -0.950. The first-order valence-electron chi connectivity index (χ1n) is 7.04. The van der Waals surface area contributed by atoms with Crippen molar-refractivity contribution >= 4 is 17.2 Å². The minimum atomic E-state index is -0.151. The maximum absolute atomic E-state index is 12.4. The van der Waals surface area contributed by atoms with Crippen LogP contribution in [0.3, 0.4) is 0 Å². The lowest BCUT2D eigenvalue weighted by Crippen LogP contribution is -2.49. The highest BCUT2D eigenvalue weighted by molar-refractivity contribution is 7.10. The molecule has 2 aliphatic heterocycles. The summed E-state index contributed by atoms with van der Waals surface area (Å²) < 4.78 is 5.41. The molecule has 6 heteroatoms. The number of aliphatic hydroxyl groups excluding tert-OH is 1. The van der Waals surface area contributed by atoms with Gasteiger partial charge in [0.25, 0.3) is 0 Å². The molecule has 1 saturated heterocycles. The fourth-order valence-electron chi connectivity index (χ4n) is 2.79. The summed E-state index contributed by atoms with van der Waals surface area (Å²) in [5, 5.41) is 11.2. The maximum Gasteiger partial charge on any atom is 0.237 e. The Morgan fingerprint density at radius 2 is 2.40 bits per heavy atom. The number of carbonyl (C=O) groups is 1. The molecule has 2 aliphatic rings. The van der Waals surface area contributed by atoms with Gasteiger partial charge in [0.05, 0.1) is 25.9 Å². The molecule has 1 amide bonds. The van der Waals surface area contributed by atoms with Gasteiger partial charge in [0.15, 0.2) is 0 Å². The van der Waals surface area contributed by atoms with Gasteiger partial charge < -0.3 is 14.7 Å². The molecule has 1 aromatic heterocycles. The third-order valence-corrected chi connectivity index (χ3v) is 4.97. The summed E-state index contributed by atoms with van der Waals surface area (Å²) in [5.41, 5.74) is 1.30. The molecule has 110 valence electrons. The number of amides is 1. The van der Waals surface area contributed by atoms with Crippen LogP contribution in [0, 0.1) is 0 Å². The molecule has 1 aromatic rings. The quantitative estimate of drug-likeness (QED) is 0.873. The minimum absolute atomic E-state index is 0.0205. The molecule has 3 rings (SSSR count). The topological polar surface area (TPSA) is 53.0 Å². The van der Waals surface area contributed by atoms with Gasteiger partial charge in [-0.3, -0.25) is 9.69 Å². The number of thiophene rings is 1. The zero-order valence-electron chi connectivity index (χ0n) is 11.5. The van der Waals surface area contributed by atoms with Gasteiger partial charge in [-0.25, -0.2) is 0 Å². The number of ether oxygens (including phenoxy) is 1. The van der Waals surface area contributed by atoms with E-state index in [1.54, 1.807) is 11.3 Å². The van der Waals surface area contributed by atoms with Crippen molar-refractivity contribution in [2.45, 2.75) is 19.1 Å². The number of aliphatic hydroxyl groups is 1. The van der Waals surface area contributed by atoms with Gasteiger partial charge in [0.1, 0.15) is 0 Å². The molecule has 5 nitrogen and oxygen atoms in total. The molecule has 0 radical (unpaired) electrons. The van der Waals surface area contributed by atoms with Crippen molar-refractivity contribution < 1.29 is 14.6 Å². The van der Waals surface area contributed by atoms with E-state index in [9.17, 15) is 4.79 Å². The second-order valence-corrected chi connectivity index (χ2v) is 6.35. The minimum Gasteiger partial charge on any atom is -0.394 e. The summed E-state index contributed by atoms with van der Waals surface area (Å²) in [6, 6.07) is 2.12. The van der Waals surface area contributed by atoms with E-state index in [1.165, 1.54) is 10.4 Å². The monoisotopic (exact) mass is 296 g/mol. The molecule has 0 aromatic carbocycles. The number of hydrogen-bond acceptors (Lipinski definition) is 5. The molecular weight excluding hydrogens is 276 g/mol. The normalized spacial score (nSPS) is 23.6. The Morgan fingerprint density at radius 1 is 1.50 bits per heavy atom. The molecule has 3 heterocycles. The van der Waals surface area contributed by atoms with Crippen molar-refractivity contribution in [3.05, 3.63) is 21.9 Å². The van der Waals surface area contributed by atoms with Gasteiger partial charge in [0.2, 0.25) is 5.91 Å². The zero-order valence-corrected chi connectivity index (χ0v) is 12.3. The highest BCUT2D eigenvalue weighted by Crippen LogP contribution is 2.24. The van der Waals surface area contributed by atoms with Crippen LogP contribution in [0.4, 0.5) is 0 Å². The Labute approximate surface area is 122 Å². The van der Waals surface area contributed by atoms with Crippen LogP contribution in [0.5, 0.6) is 0 Å². The summed E-state index contributed by atoms with van der Waals surface area (Å²) >= 11 is 1.79. The lowest BCUT2D eigenvalue weighted by molar-refractivity contribution is -0.135. The standard InChI is InChI=1S/C14H20N2O3S/c17-10-12-8-15(4-5-19-12)9-14(18)16-3-1-13-11(7-16)2-6-20-13/h2,6,12,17H,1,3-5,7-10H2. The van der Waals surface area contributed by atoms with E-state index in [-0.39, 0.29) is 18.6 Å². The third kappa shape index (κ3) is 3.03. The molecule has 0 aliphatic carbocycles. The molecule has 1 fully saturated rings. The maximum atomic E-state index is 12.4. The van der Waals surface area contributed by atoms with E-state index in [0.717, 1.165) is 26.1 Å². The van der Waals surface area contributed by atoms with E-state index < -0.39 is 0 Å². The number of hydrogen-bond donors (Lipinski definition) is 1. The van der Waals surface area contributed by atoms with Crippen LogP contribution < -0.4 is 0 Å². The van der Waals surface area contributed by atoms with Crippen LogP contribution in [0.25, 0.3) is 0 Å². The predicted octanol–water partition coefficient (Wildman–Crippen LogP) is 0.326. The number of carbonyl (C=O) groups excluding carboxylic acids is 1. The van der Waals surface area contributed by atoms with Gasteiger partial charge in [-0.15, -0.1) is 11.3 Å².